The molecule has 0 saturated carbocycles. The molecule has 1 N–H and O–H groups in total. The van der Waals surface area contributed by atoms with Gasteiger partial charge in [0.05, 0.1) is 24.3 Å². The Labute approximate surface area is 173 Å². The molecule has 150 valence electrons. The van der Waals surface area contributed by atoms with Crippen LogP contribution in [0.3, 0.4) is 0 Å². The Bertz CT molecular complexity index is 1260. The number of carbonyl (C=O) groups excluding carboxylic acids is 1. The van der Waals surface area contributed by atoms with Crippen molar-refractivity contribution in [1.29, 1.82) is 0 Å². The fraction of sp³-hybridized carbons (Fsp3) is 0.217. The Morgan fingerprint density at radius 2 is 1.93 bits per heavy atom. The molecule has 1 atom stereocenters. The minimum Gasteiger partial charge on any atom is -0.347 e. The van der Waals surface area contributed by atoms with Crippen molar-refractivity contribution in [3.63, 3.8) is 0 Å². The van der Waals surface area contributed by atoms with Gasteiger partial charge in [0.2, 0.25) is 0 Å². The molecule has 0 aliphatic carbocycles. The molecule has 7 heteroatoms. The van der Waals surface area contributed by atoms with Crippen LogP contribution >= 0.6 is 0 Å². The number of rotatable bonds is 4. The first-order valence-corrected chi connectivity index (χ1v) is 10.0. The van der Waals surface area contributed by atoms with Crippen molar-refractivity contribution < 1.29 is 4.79 Å². The number of aryl methyl sites for hydroxylation is 1. The maximum absolute atomic E-state index is 13.3. The van der Waals surface area contributed by atoms with Crippen LogP contribution in [0.4, 0.5) is 0 Å². The summed E-state index contributed by atoms with van der Waals surface area (Å²) >= 11 is 0. The Kier molecular flexibility index (Phi) is 4.63. The number of nitrogens with one attached hydrogen (secondary N) is 1. The van der Waals surface area contributed by atoms with E-state index in [0.29, 0.717) is 18.7 Å². The number of amides is 1. The van der Waals surface area contributed by atoms with Crippen molar-refractivity contribution in [1.82, 2.24) is 24.3 Å². The lowest BCUT2D eigenvalue weighted by Gasteiger charge is -2.32. The number of carbonyl (C=O) groups is 1. The highest BCUT2D eigenvalue weighted by molar-refractivity contribution is 5.94. The second-order valence-electron chi connectivity index (χ2n) is 7.58. The molecule has 0 spiro atoms. The summed E-state index contributed by atoms with van der Waals surface area (Å²) in [6, 6.07) is 15.6. The van der Waals surface area contributed by atoms with E-state index < -0.39 is 0 Å². The molecule has 7 nitrogen and oxygen atoms in total. The number of fused-ring (bicyclic) bond motifs is 2. The fourth-order valence-electron chi connectivity index (χ4n) is 4.13. The fourth-order valence-corrected chi connectivity index (χ4v) is 4.13. The van der Waals surface area contributed by atoms with Gasteiger partial charge in [-0.15, -0.1) is 0 Å². The van der Waals surface area contributed by atoms with E-state index in [1.807, 2.05) is 24.3 Å². The predicted molar refractivity (Wildman–Crippen MR) is 112 cm³/mol. The zero-order chi connectivity index (χ0) is 20.5. The zero-order valence-electron chi connectivity index (χ0n) is 16.4. The van der Waals surface area contributed by atoms with Gasteiger partial charge in [0, 0.05) is 24.9 Å². The number of hydrogen-bond donors (Lipinski definition) is 1. The summed E-state index contributed by atoms with van der Waals surface area (Å²) in [5, 5.41) is 0. The Morgan fingerprint density at radius 1 is 1.10 bits per heavy atom. The van der Waals surface area contributed by atoms with Crippen LogP contribution in [0.25, 0.3) is 5.65 Å². The molecule has 1 aromatic carbocycles. The van der Waals surface area contributed by atoms with Gasteiger partial charge in [-0.2, -0.15) is 0 Å². The molecule has 0 radical (unpaired) electrons. The maximum Gasteiger partial charge on any atom is 0.270 e. The highest BCUT2D eigenvalue weighted by Crippen LogP contribution is 2.30. The van der Waals surface area contributed by atoms with Crippen LogP contribution in [0.15, 0.2) is 72.0 Å². The molecule has 4 heterocycles. The van der Waals surface area contributed by atoms with Gasteiger partial charge in [0.25, 0.3) is 11.5 Å². The van der Waals surface area contributed by atoms with E-state index in [-0.39, 0.29) is 22.9 Å². The Morgan fingerprint density at radius 3 is 2.80 bits per heavy atom. The predicted octanol–water partition coefficient (Wildman–Crippen LogP) is 2.79. The van der Waals surface area contributed by atoms with E-state index in [1.54, 1.807) is 29.6 Å². The first-order valence-electron chi connectivity index (χ1n) is 10.0. The molecule has 1 aliphatic heterocycles. The van der Waals surface area contributed by atoms with Crippen LogP contribution in [0.5, 0.6) is 0 Å². The quantitative estimate of drug-likeness (QED) is 0.572. The van der Waals surface area contributed by atoms with E-state index >= 15 is 0 Å². The lowest BCUT2D eigenvalue weighted by atomic mass is 9.91. The van der Waals surface area contributed by atoms with Gasteiger partial charge in [-0.05, 0) is 30.5 Å². The smallest absolute Gasteiger partial charge is 0.270 e. The number of pyridine rings is 1. The van der Waals surface area contributed by atoms with Gasteiger partial charge in [0.15, 0.2) is 0 Å². The molecule has 1 amide bonds. The first kappa shape index (κ1) is 18.3. The maximum atomic E-state index is 13.3. The molecule has 3 aromatic heterocycles. The number of aromatic nitrogens is 4. The van der Waals surface area contributed by atoms with Crippen molar-refractivity contribution in [2.75, 3.05) is 6.54 Å². The molecular formula is C23H21N5O2. The molecular weight excluding hydrogens is 378 g/mol. The average molecular weight is 399 g/mol. The van der Waals surface area contributed by atoms with Gasteiger partial charge in [-0.25, -0.2) is 9.97 Å². The lowest BCUT2D eigenvalue weighted by molar-refractivity contribution is 0.0709. The summed E-state index contributed by atoms with van der Waals surface area (Å²) in [6.07, 6.45) is 6.48. The molecule has 0 fully saturated rings. The Hall–Kier alpha value is -3.74. The average Bonchev–Trinajstić information content (AvgIpc) is 3.27. The first-order chi connectivity index (χ1) is 14.7. The van der Waals surface area contributed by atoms with E-state index in [9.17, 15) is 9.59 Å². The number of hydrogen-bond acceptors (Lipinski definition) is 4. The van der Waals surface area contributed by atoms with Crippen LogP contribution in [-0.4, -0.2) is 36.7 Å². The van der Waals surface area contributed by atoms with Crippen molar-refractivity contribution in [3.05, 3.63) is 100 Å². The number of benzene rings is 1. The van der Waals surface area contributed by atoms with Crippen molar-refractivity contribution >= 4 is 11.6 Å². The van der Waals surface area contributed by atoms with Crippen molar-refractivity contribution in [2.45, 2.75) is 25.3 Å². The molecule has 30 heavy (non-hydrogen) atoms. The zero-order valence-corrected chi connectivity index (χ0v) is 16.4. The summed E-state index contributed by atoms with van der Waals surface area (Å²) in [5.41, 5.74) is 3.47. The topological polar surface area (TPSA) is 83.4 Å². The van der Waals surface area contributed by atoms with Crippen LogP contribution in [0, 0.1) is 0 Å². The summed E-state index contributed by atoms with van der Waals surface area (Å²) in [4.78, 5) is 39.8. The SMILES string of the molecule is O=C(c1cnc2ccccn2c1=O)N1Cc2[nH]cnc2C(CCc2ccccc2)C1. The van der Waals surface area contributed by atoms with Gasteiger partial charge in [-0.1, -0.05) is 36.4 Å². The van der Waals surface area contributed by atoms with E-state index in [4.69, 9.17) is 0 Å². The van der Waals surface area contributed by atoms with Gasteiger partial charge in [-0.3, -0.25) is 14.0 Å². The summed E-state index contributed by atoms with van der Waals surface area (Å²) in [5.74, 6) is -0.184. The molecule has 4 aromatic rings. The highest BCUT2D eigenvalue weighted by atomic mass is 16.2. The molecule has 1 unspecified atom stereocenters. The van der Waals surface area contributed by atoms with Gasteiger partial charge >= 0.3 is 0 Å². The minimum atomic E-state index is -0.346. The summed E-state index contributed by atoms with van der Waals surface area (Å²) in [7, 11) is 0. The highest BCUT2D eigenvalue weighted by Gasteiger charge is 2.31. The number of imidazole rings is 1. The third kappa shape index (κ3) is 3.28. The lowest BCUT2D eigenvalue weighted by Crippen LogP contribution is -2.41. The second-order valence-corrected chi connectivity index (χ2v) is 7.58. The van der Waals surface area contributed by atoms with E-state index in [0.717, 1.165) is 24.2 Å². The largest absolute Gasteiger partial charge is 0.347 e. The second kappa shape index (κ2) is 7.59. The van der Waals surface area contributed by atoms with E-state index in [1.165, 1.54) is 16.2 Å². The third-order valence-corrected chi connectivity index (χ3v) is 5.68. The monoisotopic (exact) mass is 399 g/mol. The van der Waals surface area contributed by atoms with Crippen LogP contribution < -0.4 is 5.56 Å². The standard InChI is InChI=1S/C23H21N5O2/c29-22(18-12-24-20-8-4-5-11-28(20)23(18)30)27-13-17(21-19(14-27)25-15-26-21)10-9-16-6-2-1-3-7-16/h1-8,11-12,15,17H,9-10,13-14H2,(H,25,26). The molecule has 0 saturated heterocycles. The van der Waals surface area contributed by atoms with Gasteiger partial charge < -0.3 is 9.88 Å². The van der Waals surface area contributed by atoms with Crippen LogP contribution in [0.1, 0.15) is 39.6 Å². The number of nitrogens with zero attached hydrogens (tertiary/aromatic N) is 4. The number of aromatic amines is 1. The normalized spacial score (nSPS) is 15.9. The Balaban J connectivity index is 1.42. The van der Waals surface area contributed by atoms with Crippen molar-refractivity contribution in [2.24, 2.45) is 0 Å². The van der Waals surface area contributed by atoms with Gasteiger partial charge in [0.1, 0.15) is 11.2 Å². The van der Waals surface area contributed by atoms with Crippen LogP contribution in [-0.2, 0) is 13.0 Å². The molecule has 1 aliphatic rings. The molecule has 0 bridgehead atoms. The van der Waals surface area contributed by atoms with E-state index in [2.05, 4.69) is 27.1 Å². The molecule has 5 rings (SSSR count). The summed E-state index contributed by atoms with van der Waals surface area (Å²) in [6.45, 7) is 0.938. The van der Waals surface area contributed by atoms with Crippen molar-refractivity contribution in [3.8, 4) is 0 Å². The van der Waals surface area contributed by atoms with Crippen LogP contribution in [0.2, 0.25) is 0 Å². The third-order valence-electron chi connectivity index (χ3n) is 5.68. The minimum absolute atomic E-state index is 0.0866. The summed E-state index contributed by atoms with van der Waals surface area (Å²) < 4.78 is 1.41. The number of H-pyrrole nitrogens is 1.